The highest BCUT2D eigenvalue weighted by molar-refractivity contribution is 7.89. The molecule has 0 saturated heterocycles. The van der Waals surface area contributed by atoms with Crippen LogP contribution in [-0.2, 0) is 14.8 Å². The van der Waals surface area contributed by atoms with E-state index in [0.29, 0.717) is 6.61 Å². The molecular formula is C13H18ClNO4S. The highest BCUT2D eigenvalue weighted by Crippen LogP contribution is 2.24. The van der Waals surface area contributed by atoms with Gasteiger partial charge in [0.1, 0.15) is 0 Å². The first-order chi connectivity index (χ1) is 9.27. The van der Waals surface area contributed by atoms with Crippen molar-refractivity contribution < 1.29 is 17.9 Å². The lowest BCUT2D eigenvalue weighted by Crippen LogP contribution is -2.17. The Morgan fingerprint density at radius 2 is 2.00 bits per heavy atom. The number of hydrogen-bond donors (Lipinski definition) is 1. The van der Waals surface area contributed by atoms with Crippen molar-refractivity contribution in [2.24, 2.45) is 5.14 Å². The third kappa shape index (κ3) is 4.47. The maximum atomic E-state index is 11.9. The van der Waals surface area contributed by atoms with Gasteiger partial charge in [-0.05, 0) is 31.0 Å². The summed E-state index contributed by atoms with van der Waals surface area (Å²) in [7, 11) is -3.93. The molecule has 0 aliphatic rings. The van der Waals surface area contributed by atoms with Crippen LogP contribution in [0.15, 0.2) is 17.0 Å². The van der Waals surface area contributed by atoms with Crippen molar-refractivity contribution in [2.75, 3.05) is 6.61 Å². The molecule has 1 rings (SSSR count). The molecule has 7 heteroatoms. The normalized spacial score (nSPS) is 11.4. The Kier molecular flexibility index (Phi) is 5.98. The van der Waals surface area contributed by atoms with E-state index in [0.717, 1.165) is 19.3 Å². The van der Waals surface area contributed by atoms with Crippen LogP contribution in [0.4, 0.5) is 0 Å². The lowest BCUT2D eigenvalue weighted by molar-refractivity contribution is 0.0497. The summed E-state index contributed by atoms with van der Waals surface area (Å²) in [4.78, 5) is 11.8. The Bertz CT molecular complexity index is 599. The number of ether oxygens (including phenoxy) is 1. The molecule has 0 aromatic heterocycles. The molecule has 0 fully saturated rings. The fourth-order valence-corrected chi connectivity index (χ4v) is 2.87. The van der Waals surface area contributed by atoms with Gasteiger partial charge in [0.25, 0.3) is 0 Å². The number of nitrogens with two attached hydrogens (primary N) is 1. The van der Waals surface area contributed by atoms with Crippen LogP contribution >= 0.6 is 11.6 Å². The van der Waals surface area contributed by atoms with Crippen molar-refractivity contribution in [1.29, 1.82) is 0 Å². The molecule has 0 aliphatic carbocycles. The summed E-state index contributed by atoms with van der Waals surface area (Å²) in [6.07, 6.45) is 2.75. The molecule has 0 aliphatic heterocycles. The minimum atomic E-state index is -3.93. The van der Waals surface area contributed by atoms with Crippen LogP contribution in [0.3, 0.4) is 0 Å². The summed E-state index contributed by atoms with van der Waals surface area (Å²) in [6.45, 7) is 3.84. The number of benzene rings is 1. The smallest absolute Gasteiger partial charge is 0.338 e. The molecular weight excluding hydrogens is 302 g/mol. The molecule has 112 valence electrons. The molecule has 0 amide bonds. The summed E-state index contributed by atoms with van der Waals surface area (Å²) in [5.41, 5.74) is 0.371. The first-order valence-corrected chi connectivity index (χ1v) is 8.20. The van der Waals surface area contributed by atoms with E-state index < -0.39 is 16.0 Å². The number of esters is 1. The van der Waals surface area contributed by atoms with E-state index in [1.807, 2.05) is 6.92 Å². The van der Waals surface area contributed by atoms with Gasteiger partial charge in [0, 0.05) is 5.02 Å². The number of sulfonamides is 1. The van der Waals surface area contributed by atoms with Gasteiger partial charge in [-0.3, -0.25) is 0 Å². The number of carbonyl (C=O) groups is 1. The van der Waals surface area contributed by atoms with Gasteiger partial charge in [-0.15, -0.1) is 0 Å². The van der Waals surface area contributed by atoms with E-state index in [2.05, 4.69) is 0 Å². The number of rotatable bonds is 6. The van der Waals surface area contributed by atoms with Crippen LogP contribution in [-0.4, -0.2) is 21.0 Å². The molecule has 1 aromatic rings. The minimum Gasteiger partial charge on any atom is -0.462 e. The van der Waals surface area contributed by atoms with E-state index in [4.69, 9.17) is 21.5 Å². The first kappa shape index (κ1) is 16.9. The third-order valence-corrected chi connectivity index (χ3v) is 4.09. The average molecular weight is 320 g/mol. The molecule has 20 heavy (non-hydrogen) atoms. The van der Waals surface area contributed by atoms with Gasteiger partial charge in [0.15, 0.2) is 0 Å². The predicted molar refractivity (Wildman–Crippen MR) is 77.4 cm³/mol. The number of carbonyl (C=O) groups excluding carboxylic acids is 1. The van der Waals surface area contributed by atoms with Crippen molar-refractivity contribution >= 4 is 27.6 Å². The highest BCUT2D eigenvalue weighted by atomic mass is 35.5. The van der Waals surface area contributed by atoms with Gasteiger partial charge in [-0.25, -0.2) is 18.4 Å². The van der Waals surface area contributed by atoms with Crippen molar-refractivity contribution in [3.63, 3.8) is 0 Å². The molecule has 0 radical (unpaired) electrons. The monoisotopic (exact) mass is 319 g/mol. The zero-order valence-corrected chi connectivity index (χ0v) is 13.1. The Hall–Kier alpha value is -1.11. The van der Waals surface area contributed by atoms with Crippen LogP contribution in [0.2, 0.25) is 5.02 Å². The van der Waals surface area contributed by atoms with Crippen molar-refractivity contribution in [1.82, 2.24) is 0 Å². The topological polar surface area (TPSA) is 86.5 Å². The molecule has 2 N–H and O–H groups in total. The van der Waals surface area contributed by atoms with E-state index >= 15 is 0 Å². The fraction of sp³-hybridized carbons (Fsp3) is 0.462. The van der Waals surface area contributed by atoms with Crippen LogP contribution < -0.4 is 5.14 Å². The lowest BCUT2D eigenvalue weighted by Gasteiger charge is -2.11. The maximum Gasteiger partial charge on any atom is 0.338 e. The Morgan fingerprint density at radius 1 is 1.35 bits per heavy atom. The van der Waals surface area contributed by atoms with E-state index in [1.165, 1.54) is 19.1 Å². The van der Waals surface area contributed by atoms with Gasteiger partial charge in [0.2, 0.25) is 10.0 Å². The maximum absolute atomic E-state index is 11.9. The molecule has 1 aromatic carbocycles. The molecule has 0 saturated carbocycles. The zero-order chi connectivity index (χ0) is 15.3. The van der Waals surface area contributed by atoms with Crippen LogP contribution in [0, 0.1) is 6.92 Å². The molecule has 5 nitrogen and oxygen atoms in total. The second-order valence-electron chi connectivity index (χ2n) is 4.46. The number of hydrogen-bond acceptors (Lipinski definition) is 4. The number of primary sulfonamides is 1. The van der Waals surface area contributed by atoms with Gasteiger partial charge < -0.3 is 4.74 Å². The fourth-order valence-electron chi connectivity index (χ4n) is 1.76. The average Bonchev–Trinajstić information content (AvgIpc) is 2.35. The van der Waals surface area contributed by atoms with Gasteiger partial charge in [0.05, 0.1) is 17.1 Å². The summed E-state index contributed by atoms with van der Waals surface area (Å²) in [5.74, 6) is -0.592. The van der Waals surface area contributed by atoms with Gasteiger partial charge >= 0.3 is 5.97 Å². The lowest BCUT2D eigenvalue weighted by atomic mass is 10.1. The van der Waals surface area contributed by atoms with E-state index in [9.17, 15) is 13.2 Å². The largest absolute Gasteiger partial charge is 0.462 e. The molecule has 0 heterocycles. The van der Waals surface area contributed by atoms with Crippen LogP contribution in [0.25, 0.3) is 0 Å². The third-order valence-electron chi connectivity index (χ3n) is 2.83. The van der Waals surface area contributed by atoms with Crippen LogP contribution in [0.5, 0.6) is 0 Å². The Morgan fingerprint density at radius 3 is 2.55 bits per heavy atom. The molecule has 0 spiro atoms. The first-order valence-electron chi connectivity index (χ1n) is 6.27. The Balaban J connectivity index is 3.01. The SMILES string of the molecule is CCCCCOC(=O)c1cc(Cl)cc(S(N)(=O)=O)c1C. The summed E-state index contributed by atoms with van der Waals surface area (Å²) < 4.78 is 28.0. The van der Waals surface area contributed by atoms with Crippen LogP contribution in [0.1, 0.15) is 42.1 Å². The second-order valence-corrected chi connectivity index (χ2v) is 6.43. The summed E-state index contributed by atoms with van der Waals surface area (Å²) >= 11 is 5.83. The predicted octanol–water partition coefficient (Wildman–Crippen LogP) is 2.64. The number of halogens is 1. The zero-order valence-electron chi connectivity index (χ0n) is 11.5. The number of unbranched alkanes of at least 4 members (excludes halogenated alkanes) is 2. The second kappa shape index (κ2) is 7.06. The van der Waals surface area contributed by atoms with Crippen molar-refractivity contribution in [3.05, 3.63) is 28.3 Å². The highest BCUT2D eigenvalue weighted by Gasteiger charge is 2.20. The van der Waals surface area contributed by atoms with Crippen molar-refractivity contribution in [2.45, 2.75) is 38.0 Å². The standard InChI is InChI=1S/C13H18ClNO4S/c1-3-4-5-6-19-13(16)11-7-10(14)8-12(9(11)2)20(15,17)18/h7-8H,3-6H2,1-2H3,(H2,15,17,18). The van der Waals surface area contributed by atoms with Crippen molar-refractivity contribution in [3.8, 4) is 0 Å². The quantitative estimate of drug-likeness (QED) is 0.645. The molecule has 0 bridgehead atoms. The van der Waals surface area contributed by atoms with Gasteiger partial charge in [-0.1, -0.05) is 31.4 Å². The molecule has 0 atom stereocenters. The summed E-state index contributed by atoms with van der Waals surface area (Å²) in [5, 5.41) is 5.22. The molecule has 0 unspecified atom stereocenters. The Labute approximate surface area is 124 Å². The van der Waals surface area contributed by atoms with E-state index in [1.54, 1.807) is 0 Å². The summed E-state index contributed by atoms with van der Waals surface area (Å²) in [6, 6.07) is 2.60. The minimum absolute atomic E-state index is 0.123. The van der Waals surface area contributed by atoms with Gasteiger partial charge in [-0.2, -0.15) is 0 Å². The van der Waals surface area contributed by atoms with E-state index in [-0.39, 0.29) is 21.0 Å².